The smallest absolute Gasteiger partial charge is 0.550 e. The molecule has 0 fully saturated rings. The van der Waals surface area contributed by atoms with Gasteiger partial charge in [0.15, 0.2) is 0 Å². The van der Waals surface area contributed by atoms with E-state index in [1.54, 1.807) is 0 Å². The predicted molar refractivity (Wildman–Crippen MR) is 95.3 cm³/mol. The fourth-order valence-electron chi connectivity index (χ4n) is 2.53. The van der Waals surface area contributed by atoms with E-state index in [4.69, 9.17) is 4.74 Å². The van der Waals surface area contributed by atoms with E-state index in [2.05, 4.69) is 26.8 Å². The van der Waals surface area contributed by atoms with E-state index in [0.717, 1.165) is 19.3 Å². The number of hydrogen-bond donors (Lipinski definition) is 0. The normalized spacial score (nSPS) is 12.2. The Kier molecular flexibility index (Phi) is 21.0. The summed E-state index contributed by atoms with van der Waals surface area (Å²) in [6.45, 7) is 6.38. The maximum Gasteiger partial charge on any atom is 1.00 e. The van der Waals surface area contributed by atoms with Gasteiger partial charge in [0.25, 0.3) is 0 Å². The van der Waals surface area contributed by atoms with Gasteiger partial charge in [0.05, 0.1) is 6.42 Å². The number of hydrogen-bond acceptors (Lipinski definition) is 4. The van der Waals surface area contributed by atoms with Gasteiger partial charge in [-0.3, -0.25) is 4.79 Å². The molecule has 0 N–H and O–H groups in total. The fraction of sp³-hybridized carbons (Fsp3) is 0.800. The van der Waals surface area contributed by atoms with E-state index >= 15 is 0 Å². The summed E-state index contributed by atoms with van der Waals surface area (Å²) >= 11 is 0. The summed E-state index contributed by atoms with van der Waals surface area (Å²) < 4.78 is 5.37. The third-order valence-electron chi connectivity index (χ3n) is 3.84. The molecule has 25 heavy (non-hydrogen) atoms. The summed E-state index contributed by atoms with van der Waals surface area (Å²) in [5, 5.41) is 10.4. The summed E-state index contributed by atoms with van der Waals surface area (Å²) in [5.74, 6) is -1.28. The second-order valence-electron chi connectivity index (χ2n) is 6.87. The molecule has 140 valence electrons. The Labute approximate surface area is 196 Å². The molecule has 0 aromatic rings. The maximum atomic E-state index is 11.7. The van der Waals surface area contributed by atoms with E-state index in [1.165, 1.54) is 38.5 Å². The molecule has 0 bridgehead atoms. The Morgan fingerprint density at radius 2 is 1.60 bits per heavy atom. The number of esters is 1. The predicted octanol–water partition coefficient (Wildman–Crippen LogP) is 1.18. The molecular weight excluding hydrogens is 343 g/mol. The van der Waals surface area contributed by atoms with Crippen LogP contribution in [0.1, 0.15) is 91.4 Å². The largest absolute Gasteiger partial charge is 1.00 e. The van der Waals surface area contributed by atoms with Crippen molar-refractivity contribution < 1.29 is 70.8 Å². The first-order valence-corrected chi connectivity index (χ1v) is 9.51. The van der Waals surface area contributed by atoms with E-state index in [-0.39, 0.29) is 70.3 Å². The molecule has 0 rings (SSSR count). The number of aliphatic carboxylic acids is 1. The molecule has 4 nitrogen and oxygen atoms in total. The van der Waals surface area contributed by atoms with Crippen molar-refractivity contribution in [2.24, 2.45) is 5.92 Å². The third kappa shape index (κ3) is 20.5. The van der Waals surface area contributed by atoms with Gasteiger partial charge in [0.1, 0.15) is 6.10 Å². The molecule has 1 atom stereocenters. The molecule has 0 aromatic heterocycles. The molecule has 0 saturated heterocycles. The number of carboxylic acid groups (broad SMARTS) is 1. The number of rotatable bonds is 15. The molecule has 0 aromatic carbocycles. The van der Waals surface area contributed by atoms with Crippen LogP contribution in [0.4, 0.5) is 0 Å². The summed E-state index contributed by atoms with van der Waals surface area (Å²) in [7, 11) is 0. The van der Waals surface area contributed by atoms with Crippen LogP contribution in [0.3, 0.4) is 0 Å². The minimum atomic E-state index is -1.22. The van der Waals surface area contributed by atoms with Gasteiger partial charge in [-0.15, -0.1) is 0 Å². The van der Waals surface area contributed by atoms with E-state index in [0.29, 0.717) is 5.92 Å². The topological polar surface area (TPSA) is 66.4 Å². The van der Waals surface area contributed by atoms with Crippen molar-refractivity contribution in [2.45, 2.75) is 97.5 Å². The first kappa shape index (κ1) is 27.5. The molecule has 0 heterocycles. The van der Waals surface area contributed by atoms with E-state index in [9.17, 15) is 14.7 Å². The Bertz CT molecular complexity index is 367. The standard InChI is InChI=1S/C20H36O4.K/c1-4-5-6-7-8-9-10-11-12-13-18(16-17(2)3)24-20(23)15-14-19(21)22;/h12-13,17-18H,4-11,14-16H2,1-3H3,(H,21,22);/q;+1/p-1/b13-12+;. The van der Waals surface area contributed by atoms with Gasteiger partial charge >= 0.3 is 57.4 Å². The van der Waals surface area contributed by atoms with Gasteiger partial charge in [-0.1, -0.05) is 65.4 Å². The average Bonchev–Trinajstić information content (AvgIpc) is 2.50. The van der Waals surface area contributed by atoms with Crippen molar-refractivity contribution in [3.63, 3.8) is 0 Å². The van der Waals surface area contributed by atoms with Crippen LogP contribution in [0.15, 0.2) is 12.2 Å². The van der Waals surface area contributed by atoms with Crippen LogP contribution in [0.2, 0.25) is 0 Å². The van der Waals surface area contributed by atoms with Crippen LogP contribution in [-0.2, 0) is 14.3 Å². The zero-order chi connectivity index (χ0) is 18.2. The van der Waals surface area contributed by atoms with Gasteiger partial charge in [0, 0.05) is 5.97 Å². The van der Waals surface area contributed by atoms with Crippen molar-refractivity contribution in [3.05, 3.63) is 12.2 Å². The zero-order valence-electron chi connectivity index (χ0n) is 16.7. The van der Waals surface area contributed by atoms with Crippen LogP contribution >= 0.6 is 0 Å². The van der Waals surface area contributed by atoms with E-state index in [1.807, 2.05) is 6.08 Å². The summed E-state index contributed by atoms with van der Waals surface area (Å²) in [6, 6.07) is 0. The number of ether oxygens (including phenoxy) is 1. The fourth-order valence-corrected chi connectivity index (χ4v) is 2.53. The van der Waals surface area contributed by atoms with Crippen molar-refractivity contribution in [2.75, 3.05) is 0 Å². The first-order valence-electron chi connectivity index (χ1n) is 9.51. The molecule has 0 saturated carbocycles. The van der Waals surface area contributed by atoms with Crippen molar-refractivity contribution in [1.29, 1.82) is 0 Å². The number of carbonyl (C=O) groups is 2. The molecule has 1 unspecified atom stereocenters. The Hall–Kier alpha value is 0.316. The zero-order valence-corrected chi connectivity index (χ0v) is 19.8. The molecule has 0 spiro atoms. The van der Waals surface area contributed by atoms with Crippen LogP contribution in [0.25, 0.3) is 0 Å². The number of allylic oxidation sites excluding steroid dienone is 1. The average molecular weight is 379 g/mol. The van der Waals surface area contributed by atoms with Crippen molar-refractivity contribution >= 4 is 11.9 Å². The van der Waals surface area contributed by atoms with Crippen LogP contribution < -0.4 is 56.5 Å². The SMILES string of the molecule is CCCCCCCCC/C=C/C(CC(C)C)OC(=O)CCC(=O)[O-].[K+]. The minimum absolute atomic E-state index is 0. The van der Waals surface area contributed by atoms with Crippen LogP contribution in [0, 0.1) is 5.92 Å². The van der Waals surface area contributed by atoms with Crippen LogP contribution in [-0.4, -0.2) is 18.0 Å². The second kappa shape index (κ2) is 19.1. The van der Waals surface area contributed by atoms with Crippen molar-refractivity contribution in [3.8, 4) is 0 Å². The summed E-state index contributed by atoms with van der Waals surface area (Å²) in [6.07, 6.45) is 14.1. The molecule has 0 aliphatic heterocycles. The molecule has 5 heteroatoms. The Morgan fingerprint density at radius 3 is 2.16 bits per heavy atom. The molecular formula is C20H35KO4. The number of carbonyl (C=O) groups excluding carboxylic acids is 2. The van der Waals surface area contributed by atoms with Gasteiger partial charge < -0.3 is 14.6 Å². The van der Waals surface area contributed by atoms with Gasteiger partial charge in [-0.25, -0.2) is 0 Å². The van der Waals surface area contributed by atoms with E-state index < -0.39 is 11.9 Å². The summed E-state index contributed by atoms with van der Waals surface area (Å²) in [5.41, 5.74) is 0. The van der Waals surface area contributed by atoms with Crippen LogP contribution in [0.5, 0.6) is 0 Å². The molecule has 0 radical (unpaired) electrons. The summed E-state index contributed by atoms with van der Waals surface area (Å²) in [4.78, 5) is 22.0. The third-order valence-corrected chi connectivity index (χ3v) is 3.84. The monoisotopic (exact) mass is 378 g/mol. The molecule has 0 aliphatic rings. The number of carboxylic acids is 1. The second-order valence-corrected chi connectivity index (χ2v) is 6.87. The van der Waals surface area contributed by atoms with Crippen molar-refractivity contribution in [1.82, 2.24) is 0 Å². The first-order chi connectivity index (χ1) is 11.5. The molecule has 0 aliphatic carbocycles. The Morgan fingerprint density at radius 1 is 1.00 bits per heavy atom. The number of unbranched alkanes of at least 4 members (excludes halogenated alkanes) is 7. The maximum absolute atomic E-state index is 11.7. The van der Waals surface area contributed by atoms with Gasteiger partial charge in [0.2, 0.25) is 0 Å². The minimum Gasteiger partial charge on any atom is -0.550 e. The molecule has 0 amide bonds. The quantitative estimate of drug-likeness (QED) is 0.186. The Balaban J connectivity index is 0. The van der Waals surface area contributed by atoms with Gasteiger partial charge in [-0.2, -0.15) is 0 Å². The van der Waals surface area contributed by atoms with Gasteiger partial charge in [-0.05, 0) is 37.7 Å².